The van der Waals surface area contributed by atoms with Gasteiger partial charge in [0.25, 0.3) is 5.69 Å². The molecule has 1 heterocycles. The Hall–Kier alpha value is -3.33. The third-order valence-corrected chi connectivity index (χ3v) is 4.02. The average molecular weight is 391 g/mol. The molecule has 0 aliphatic carbocycles. The first-order valence-electron chi connectivity index (χ1n) is 8.58. The Kier molecular flexibility index (Phi) is 6.42. The van der Waals surface area contributed by atoms with Crippen LogP contribution in [0.15, 0.2) is 29.4 Å². The number of nitro benzene ring substituents is 1. The maximum Gasteiger partial charge on any atom is 0.410 e. The molecule has 0 saturated carbocycles. The number of ether oxygens (including phenoxy) is 2. The molecular formula is C17H21N5O6. The highest BCUT2D eigenvalue weighted by molar-refractivity contribution is 5.89. The summed E-state index contributed by atoms with van der Waals surface area (Å²) in [5, 5.41) is 14.2. The number of hydrogen-bond acceptors (Lipinski definition) is 7. The number of azide groups is 1. The van der Waals surface area contributed by atoms with Gasteiger partial charge >= 0.3 is 12.1 Å². The van der Waals surface area contributed by atoms with Crippen molar-refractivity contribution in [1.29, 1.82) is 0 Å². The summed E-state index contributed by atoms with van der Waals surface area (Å²) in [6, 6.07) is 4.34. The lowest BCUT2D eigenvalue weighted by Crippen LogP contribution is -2.45. The first-order chi connectivity index (χ1) is 13.1. The van der Waals surface area contributed by atoms with Crippen LogP contribution in [-0.2, 0) is 9.47 Å². The molecule has 1 fully saturated rings. The van der Waals surface area contributed by atoms with Gasteiger partial charge in [-0.25, -0.2) is 9.59 Å². The van der Waals surface area contributed by atoms with Gasteiger partial charge < -0.3 is 14.4 Å². The molecule has 0 radical (unpaired) electrons. The number of rotatable bonds is 5. The van der Waals surface area contributed by atoms with Crippen molar-refractivity contribution in [2.24, 2.45) is 5.11 Å². The predicted octanol–water partition coefficient (Wildman–Crippen LogP) is 3.44. The van der Waals surface area contributed by atoms with Crippen LogP contribution in [0, 0.1) is 10.1 Å². The van der Waals surface area contributed by atoms with Gasteiger partial charge in [-0.2, -0.15) is 0 Å². The van der Waals surface area contributed by atoms with Crippen molar-refractivity contribution in [2.45, 2.75) is 44.9 Å². The van der Waals surface area contributed by atoms with Crippen LogP contribution in [0.1, 0.15) is 37.6 Å². The number of amides is 1. The van der Waals surface area contributed by atoms with Crippen molar-refractivity contribution in [2.75, 3.05) is 13.1 Å². The second-order valence-corrected chi connectivity index (χ2v) is 7.19. The van der Waals surface area contributed by atoms with E-state index in [9.17, 15) is 19.7 Å². The molecule has 1 aliphatic heterocycles. The molecule has 28 heavy (non-hydrogen) atoms. The normalized spacial score (nSPS) is 18.9. The van der Waals surface area contributed by atoms with E-state index in [1.807, 2.05) is 0 Å². The van der Waals surface area contributed by atoms with Gasteiger partial charge in [0.05, 0.1) is 23.1 Å². The van der Waals surface area contributed by atoms with Crippen LogP contribution in [0.5, 0.6) is 0 Å². The Morgan fingerprint density at radius 3 is 2.54 bits per heavy atom. The lowest BCUT2D eigenvalue weighted by atomic mass is 10.1. The summed E-state index contributed by atoms with van der Waals surface area (Å²) >= 11 is 0. The summed E-state index contributed by atoms with van der Waals surface area (Å²) in [6.07, 6.45) is -0.927. The number of carbonyl (C=O) groups is 2. The standard InChI is InChI=1S/C17H21N5O6/c1-17(2,3)28-16(24)21-9-8-14(13(21)10-19-20-18)27-15(23)11-4-6-12(7-5-11)22(25)26/h4-7,13-14H,8-10H2,1-3H3/t13-,14+/m1/s1. The summed E-state index contributed by atoms with van der Waals surface area (Å²) in [7, 11) is 0. The molecule has 1 aliphatic rings. The van der Waals surface area contributed by atoms with E-state index in [0.29, 0.717) is 6.42 Å². The Morgan fingerprint density at radius 1 is 1.36 bits per heavy atom. The van der Waals surface area contributed by atoms with E-state index in [-0.39, 0.29) is 24.3 Å². The lowest BCUT2D eigenvalue weighted by Gasteiger charge is -2.29. The highest BCUT2D eigenvalue weighted by atomic mass is 16.6. The Balaban J connectivity index is 2.12. The van der Waals surface area contributed by atoms with Crippen molar-refractivity contribution < 1.29 is 24.0 Å². The molecule has 0 aromatic heterocycles. The zero-order valence-electron chi connectivity index (χ0n) is 15.8. The quantitative estimate of drug-likeness (QED) is 0.187. The van der Waals surface area contributed by atoms with Crippen LogP contribution in [0.3, 0.4) is 0 Å². The molecule has 0 spiro atoms. The SMILES string of the molecule is CC(C)(C)OC(=O)N1CC[C@H](OC(=O)c2ccc([N+](=O)[O-])cc2)[C@H]1CN=[N+]=[N-]. The van der Waals surface area contributed by atoms with Crippen LogP contribution in [0.25, 0.3) is 10.4 Å². The lowest BCUT2D eigenvalue weighted by molar-refractivity contribution is -0.384. The highest BCUT2D eigenvalue weighted by Gasteiger charge is 2.41. The fraction of sp³-hybridized carbons (Fsp3) is 0.529. The maximum atomic E-state index is 12.4. The number of esters is 1. The molecular weight excluding hydrogens is 370 g/mol. The zero-order valence-corrected chi connectivity index (χ0v) is 15.8. The summed E-state index contributed by atoms with van der Waals surface area (Å²) in [5.74, 6) is -0.683. The van der Waals surface area contributed by atoms with Crippen molar-refractivity contribution in [3.63, 3.8) is 0 Å². The number of non-ortho nitro benzene ring substituents is 1. The van der Waals surface area contributed by atoms with E-state index in [1.54, 1.807) is 20.8 Å². The molecule has 0 bridgehead atoms. The maximum absolute atomic E-state index is 12.4. The Labute approximate surface area is 161 Å². The van der Waals surface area contributed by atoms with E-state index in [1.165, 1.54) is 29.2 Å². The van der Waals surface area contributed by atoms with Gasteiger partial charge in [-0.15, -0.1) is 0 Å². The molecule has 2 rings (SSSR count). The second kappa shape index (κ2) is 8.57. The van der Waals surface area contributed by atoms with E-state index >= 15 is 0 Å². The van der Waals surface area contributed by atoms with E-state index in [4.69, 9.17) is 15.0 Å². The van der Waals surface area contributed by atoms with Gasteiger partial charge in [-0.1, -0.05) is 5.11 Å². The number of nitro groups is 1. The van der Waals surface area contributed by atoms with Crippen LogP contribution < -0.4 is 0 Å². The summed E-state index contributed by atoms with van der Waals surface area (Å²) in [4.78, 5) is 39.0. The second-order valence-electron chi connectivity index (χ2n) is 7.19. The zero-order chi connectivity index (χ0) is 20.9. The largest absolute Gasteiger partial charge is 0.457 e. The number of benzene rings is 1. The van der Waals surface area contributed by atoms with Crippen molar-refractivity contribution in [3.8, 4) is 0 Å². The molecule has 0 unspecified atom stereocenters. The predicted molar refractivity (Wildman–Crippen MR) is 97.7 cm³/mol. The molecule has 1 aromatic carbocycles. The fourth-order valence-electron chi connectivity index (χ4n) is 2.77. The molecule has 11 heteroatoms. The highest BCUT2D eigenvalue weighted by Crippen LogP contribution is 2.25. The Morgan fingerprint density at radius 2 is 2.00 bits per heavy atom. The molecule has 1 aromatic rings. The third kappa shape index (κ3) is 5.34. The van der Waals surface area contributed by atoms with Gasteiger partial charge in [0.2, 0.25) is 0 Å². The number of likely N-dealkylation sites (tertiary alicyclic amines) is 1. The van der Waals surface area contributed by atoms with Crippen LogP contribution in [-0.4, -0.2) is 52.7 Å². The molecule has 0 N–H and O–H groups in total. The van der Waals surface area contributed by atoms with Gasteiger partial charge in [0.1, 0.15) is 11.7 Å². The smallest absolute Gasteiger partial charge is 0.410 e. The van der Waals surface area contributed by atoms with E-state index < -0.39 is 34.7 Å². The van der Waals surface area contributed by atoms with Gasteiger partial charge in [0, 0.05) is 30.0 Å². The average Bonchev–Trinajstić information content (AvgIpc) is 3.01. The molecule has 1 amide bonds. The van der Waals surface area contributed by atoms with Gasteiger partial charge in [0.15, 0.2) is 0 Å². The van der Waals surface area contributed by atoms with Crippen molar-refractivity contribution >= 4 is 17.7 Å². The minimum Gasteiger partial charge on any atom is -0.457 e. The van der Waals surface area contributed by atoms with Crippen molar-refractivity contribution in [3.05, 3.63) is 50.4 Å². The number of nitrogens with zero attached hydrogens (tertiary/aromatic N) is 5. The topological polar surface area (TPSA) is 148 Å². The minimum atomic E-state index is -0.701. The third-order valence-electron chi connectivity index (χ3n) is 4.02. The minimum absolute atomic E-state index is 0.0754. The van der Waals surface area contributed by atoms with E-state index in [0.717, 1.165) is 0 Å². The van der Waals surface area contributed by atoms with Gasteiger partial charge in [-0.3, -0.25) is 10.1 Å². The number of hydrogen-bond donors (Lipinski definition) is 0. The van der Waals surface area contributed by atoms with Crippen LogP contribution in [0.2, 0.25) is 0 Å². The summed E-state index contributed by atoms with van der Waals surface area (Å²) in [6.45, 7) is 5.40. The first kappa shape index (κ1) is 21.0. The molecule has 1 saturated heterocycles. The number of carbonyl (C=O) groups excluding carboxylic acids is 2. The monoisotopic (exact) mass is 391 g/mol. The van der Waals surface area contributed by atoms with Crippen molar-refractivity contribution in [1.82, 2.24) is 4.90 Å². The van der Waals surface area contributed by atoms with Crippen LogP contribution in [0.4, 0.5) is 10.5 Å². The molecule has 2 atom stereocenters. The fourth-order valence-corrected chi connectivity index (χ4v) is 2.77. The summed E-state index contributed by atoms with van der Waals surface area (Å²) < 4.78 is 10.8. The van der Waals surface area contributed by atoms with E-state index in [2.05, 4.69) is 10.0 Å². The first-order valence-corrected chi connectivity index (χ1v) is 8.58. The summed E-state index contributed by atoms with van der Waals surface area (Å²) in [5.41, 5.74) is 7.91. The van der Waals surface area contributed by atoms with Gasteiger partial charge in [-0.05, 0) is 38.4 Å². The van der Waals surface area contributed by atoms with Crippen LogP contribution >= 0.6 is 0 Å². The molecule has 150 valence electrons. The Bertz CT molecular complexity index is 797. The molecule has 11 nitrogen and oxygen atoms in total.